The van der Waals surface area contributed by atoms with Crippen molar-refractivity contribution in [1.29, 1.82) is 0 Å². The Bertz CT molecular complexity index is 1230. The molecule has 5 rings (SSSR count). The molecule has 0 radical (unpaired) electrons. The predicted octanol–water partition coefficient (Wildman–Crippen LogP) is 3.50. The summed E-state index contributed by atoms with van der Waals surface area (Å²) in [5.74, 6) is -2.59. The van der Waals surface area contributed by atoms with Crippen LogP contribution in [-0.4, -0.2) is 71.2 Å². The maximum Gasteiger partial charge on any atom is 0.250 e. The molecule has 214 valence electrons. The maximum absolute atomic E-state index is 14.2. The molecule has 3 aliphatic rings. The van der Waals surface area contributed by atoms with Gasteiger partial charge in [-0.25, -0.2) is 0 Å². The Kier molecular flexibility index (Phi) is 7.88. The molecular formula is C31H40N4O5. The minimum absolute atomic E-state index is 0.110. The lowest BCUT2D eigenvalue weighted by Gasteiger charge is -2.38. The molecule has 2 bridgehead atoms. The van der Waals surface area contributed by atoms with Crippen molar-refractivity contribution >= 4 is 34.8 Å². The SMILES string of the molecule is CCN(CC)c1ccc(NC(=O)C2N([C@@H](CO)C(C)C)C(=O)[C@@H]3[C@@H](C(=O)Nc4ccccc4)[C@H]4CCC23O4)cc1. The van der Waals surface area contributed by atoms with Crippen LogP contribution in [-0.2, 0) is 19.1 Å². The van der Waals surface area contributed by atoms with Crippen LogP contribution in [0.25, 0.3) is 0 Å². The van der Waals surface area contributed by atoms with E-state index in [1.165, 1.54) is 4.90 Å². The number of nitrogens with zero attached hydrogens (tertiary/aromatic N) is 2. The fraction of sp³-hybridized carbons (Fsp3) is 0.516. The predicted molar refractivity (Wildman–Crippen MR) is 154 cm³/mol. The highest BCUT2D eigenvalue weighted by atomic mass is 16.5. The first-order valence-corrected chi connectivity index (χ1v) is 14.4. The molecule has 3 aliphatic heterocycles. The minimum atomic E-state index is -1.13. The normalized spacial score (nSPS) is 27.6. The number of likely N-dealkylation sites (tertiary alicyclic amines) is 1. The molecule has 0 aliphatic carbocycles. The Morgan fingerprint density at radius 2 is 1.65 bits per heavy atom. The molecular weight excluding hydrogens is 508 g/mol. The van der Waals surface area contributed by atoms with Gasteiger partial charge in [-0.2, -0.15) is 0 Å². The van der Waals surface area contributed by atoms with Gasteiger partial charge < -0.3 is 30.3 Å². The van der Waals surface area contributed by atoms with E-state index >= 15 is 0 Å². The third-order valence-electron chi connectivity index (χ3n) is 8.91. The van der Waals surface area contributed by atoms with E-state index in [1.807, 2.05) is 56.3 Å². The van der Waals surface area contributed by atoms with Gasteiger partial charge in [0.15, 0.2) is 0 Å². The summed E-state index contributed by atoms with van der Waals surface area (Å²) >= 11 is 0. The highest BCUT2D eigenvalue weighted by Gasteiger charge is 2.75. The Morgan fingerprint density at radius 3 is 2.25 bits per heavy atom. The number of fused-ring (bicyclic) bond motifs is 1. The second-order valence-electron chi connectivity index (χ2n) is 11.4. The van der Waals surface area contributed by atoms with E-state index in [1.54, 1.807) is 12.1 Å². The Hall–Kier alpha value is -3.43. The van der Waals surface area contributed by atoms with Crippen LogP contribution in [0.4, 0.5) is 17.1 Å². The van der Waals surface area contributed by atoms with Crippen molar-refractivity contribution in [2.75, 3.05) is 35.2 Å². The topological polar surface area (TPSA) is 111 Å². The quantitative estimate of drug-likeness (QED) is 0.419. The number of nitrogens with one attached hydrogen (secondary N) is 2. The van der Waals surface area contributed by atoms with E-state index in [0.717, 1.165) is 18.8 Å². The summed E-state index contributed by atoms with van der Waals surface area (Å²) in [6.45, 7) is 9.48. The van der Waals surface area contributed by atoms with Crippen molar-refractivity contribution in [1.82, 2.24) is 4.90 Å². The summed E-state index contributed by atoms with van der Waals surface area (Å²) in [7, 11) is 0. The molecule has 6 atom stereocenters. The molecule has 3 heterocycles. The lowest BCUT2D eigenvalue weighted by atomic mass is 9.70. The van der Waals surface area contributed by atoms with Gasteiger partial charge in [-0.3, -0.25) is 14.4 Å². The molecule has 3 fully saturated rings. The van der Waals surface area contributed by atoms with Gasteiger partial charge in [0, 0.05) is 30.2 Å². The fourth-order valence-electron chi connectivity index (χ4n) is 6.97. The first kappa shape index (κ1) is 28.1. The number of hydrogen-bond donors (Lipinski definition) is 3. The number of aliphatic hydroxyl groups is 1. The summed E-state index contributed by atoms with van der Waals surface area (Å²) in [4.78, 5) is 45.5. The van der Waals surface area contributed by atoms with Crippen LogP contribution < -0.4 is 15.5 Å². The van der Waals surface area contributed by atoms with Crippen molar-refractivity contribution < 1.29 is 24.2 Å². The standard InChI is InChI=1S/C31H40N4O5/c1-5-34(6-2)22-14-12-21(13-15-22)33-29(38)27-31-17-16-24(40-31)25(28(37)32-20-10-8-7-9-11-20)26(31)30(39)35(27)23(18-36)19(3)4/h7-15,19,23-27,36H,5-6,16-18H2,1-4H3,(H,32,37)(H,33,38)/t23-,24+,25-,26-,27?,31?/m0/s1. The number of aliphatic hydroxyl groups excluding tert-OH is 1. The van der Waals surface area contributed by atoms with Crippen molar-refractivity contribution in [3.05, 3.63) is 54.6 Å². The van der Waals surface area contributed by atoms with Gasteiger partial charge in [0.1, 0.15) is 11.6 Å². The average Bonchev–Trinajstić information content (AvgIpc) is 3.59. The van der Waals surface area contributed by atoms with E-state index in [0.29, 0.717) is 24.2 Å². The van der Waals surface area contributed by atoms with Crippen molar-refractivity contribution in [2.45, 2.75) is 64.3 Å². The van der Waals surface area contributed by atoms with Gasteiger partial charge in [-0.1, -0.05) is 32.0 Å². The van der Waals surface area contributed by atoms with E-state index in [4.69, 9.17) is 4.74 Å². The van der Waals surface area contributed by atoms with Gasteiger partial charge in [-0.15, -0.1) is 0 Å². The Labute approximate surface area is 235 Å². The summed E-state index contributed by atoms with van der Waals surface area (Å²) in [6, 6.07) is 15.2. The zero-order valence-electron chi connectivity index (χ0n) is 23.7. The molecule has 1 spiro atoms. The highest BCUT2D eigenvalue weighted by molar-refractivity contribution is 6.05. The molecule has 3 N–H and O–H groups in total. The van der Waals surface area contributed by atoms with E-state index in [-0.39, 0.29) is 30.2 Å². The number of anilines is 3. The molecule has 0 aromatic heterocycles. The molecule has 2 aromatic carbocycles. The molecule has 9 nitrogen and oxygen atoms in total. The van der Waals surface area contributed by atoms with Crippen molar-refractivity contribution in [2.24, 2.45) is 17.8 Å². The number of hydrogen-bond acceptors (Lipinski definition) is 6. The van der Waals surface area contributed by atoms with Gasteiger partial charge in [0.25, 0.3) is 0 Å². The minimum Gasteiger partial charge on any atom is -0.394 e. The second-order valence-corrected chi connectivity index (χ2v) is 11.4. The number of para-hydroxylation sites is 1. The van der Waals surface area contributed by atoms with E-state index in [9.17, 15) is 19.5 Å². The molecule has 9 heteroatoms. The monoisotopic (exact) mass is 548 g/mol. The highest BCUT2D eigenvalue weighted by Crippen LogP contribution is 2.59. The van der Waals surface area contributed by atoms with Crippen LogP contribution in [0, 0.1) is 17.8 Å². The number of carbonyl (C=O) groups is 3. The summed E-state index contributed by atoms with van der Waals surface area (Å²) in [5.41, 5.74) is 1.19. The van der Waals surface area contributed by atoms with Crippen molar-refractivity contribution in [3.63, 3.8) is 0 Å². The zero-order valence-corrected chi connectivity index (χ0v) is 23.7. The van der Waals surface area contributed by atoms with Crippen LogP contribution in [0.5, 0.6) is 0 Å². The number of benzene rings is 2. The summed E-state index contributed by atoms with van der Waals surface area (Å²) in [5, 5.41) is 16.3. The van der Waals surface area contributed by atoms with Gasteiger partial charge in [0.2, 0.25) is 17.7 Å². The van der Waals surface area contributed by atoms with Crippen LogP contribution in [0.1, 0.15) is 40.5 Å². The lowest BCUT2D eigenvalue weighted by Crippen LogP contribution is -2.57. The average molecular weight is 549 g/mol. The van der Waals surface area contributed by atoms with Crippen LogP contribution >= 0.6 is 0 Å². The van der Waals surface area contributed by atoms with Crippen LogP contribution in [0.2, 0.25) is 0 Å². The zero-order chi connectivity index (χ0) is 28.6. The Balaban J connectivity index is 1.46. The van der Waals surface area contributed by atoms with E-state index in [2.05, 4.69) is 29.4 Å². The smallest absolute Gasteiger partial charge is 0.250 e. The summed E-state index contributed by atoms with van der Waals surface area (Å²) in [6.07, 6.45) is 0.628. The summed E-state index contributed by atoms with van der Waals surface area (Å²) < 4.78 is 6.51. The molecule has 2 unspecified atom stereocenters. The molecule has 3 saturated heterocycles. The van der Waals surface area contributed by atoms with Gasteiger partial charge >= 0.3 is 0 Å². The molecule has 3 amide bonds. The van der Waals surface area contributed by atoms with Gasteiger partial charge in [-0.05, 0) is 69.0 Å². The third-order valence-corrected chi connectivity index (χ3v) is 8.91. The second kappa shape index (κ2) is 11.2. The molecule has 0 saturated carbocycles. The van der Waals surface area contributed by atoms with Crippen LogP contribution in [0.15, 0.2) is 54.6 Å². The van der Waals surface area contributed by atoms with E-state index < -0.39 is 35.6 Å². The first-order valence-electron chi connectivity index (χ1n) is 14.4. The number of rotatable bonds is 10. The third kappa shape index (κ3) is 4.65. The Morgan fingerprint density at radius 1 is 1.02 bits per heavy atom. The molecule has 2 aromatic rings. The lowest BCUT2D eigenvalue weighted by molar-refractivity contribution is -0.144. The van der Waals surface area contributed by atoms with Gasteiger partial charge in [0.05, 0.1) is 30.6 Å². The number of ether oxygens (including phenoxy) is 1. The fourth-order valence-corrected chi connectivity index (χ4v) is 6.97. The maximum atomic E-state index is 14.2. The largest absolute Gasteiger partial charge is 0.394 e. The van der Waals surface area contributed by atoms with Crippen molar-refractivity contribution in [3.8, 4) is 0 Å². The number of carbonyl (C=O) groups excluding carboxylic acids is 3. The molecule has 40 heavy (non-hydrogen) atoms. The first-order chi connectivity index (χ1) is 19.2. The number of amides is 3. The van der Waals surface area contributed by atoms with Crippen LogP contribution in [0.3, 0.4) is 0 Å².